The Morgan fingerprint density at radius 2 is 2.30 bits per heavy atom. The van der Waals surface area contributed by atoms with E-state index in [9.17, 15) is 8.96 Å². The molecule has 0 spiro atoms. The van der Waals surface area contributed by atoms with Crippen molar-refractivity contribution in [2.45, 2.75) is 38.0 Å². The van der Waals surface area contributed by atoms with Gasteiger partial charge in [-0.1, -0.05) is 0 Å². The van der Waals surface area contributed by atoms with Crippen molar-refractivity contribution >= 4 is 8.69 Å². The summed E-state index contributed by atoms with van der Waals surface area (Å²) in [6.07, 6.45) is 1.87. The normalized spacial score (nSPS) is 34.5. The molecule has 0 aromatic rings. The molecule has 0 heterocycles. The van der Waals surface area contributed by atoms with E-state index in [0.29, 0.717) is 12.8 Å². The molecule has 4 heteroatoms. The summed E-state index contributed by atoms with van der Waals surface area (Å²) in [5.41, 5.74) is 0. The lowest BCUT2D eigenvalue weighted by Gasteiger charge is -2.21. The van der Waals surface area contributed by atoms with E-state index in [1.54, 1.807) is 0 Å². The molecule has 1 saturated carbocycles. The molecule has 1 rings (SSSR count). The summed E-state index contributed by atoms with van der Waals surface area (Å²) in [5.74, 6) is 0. The minimum Gasteiger partial charge on any atom is -0.291 e. The molecule has 0 aromatic heterocycles. The van der Waals surface area contributed by atoms with Gasteiger partial charge in [0.1, 0.15) is 6.17 Å². The van der Waals surface area contributed by atoms with Gasteiger partial charge in [-0.3, -0.25) is 4.52 Å². The minimum absolute atomic E-state index is 0.122. The summed E-state index contributed by atoms with van der Waals surface area (Å²) >= 11 is 0. The lowest BCUT2D eigenvalue weighted by molar-refractivity contribution is 0.114. The van der Waals surface area contributed by atoms with Crippen LogP contribution >= 0.6 is 8.69 Å². The van der Waals surface area contributed by atoms with Crippen LogP contribution in [0.2, 0.25) is 0 Å². The van der Waals surface area contributed by atoms with Gasteiger partial charge in [0.15, 0.2) is 0 Å². The van der Waals surface area contributed by atoms with Crippen LogP contribution < -0.4 is 0 Å². The van der Waals surface area contributed by atoms with Crippen molar-refractivity contribution in [1.82, 2.24) is 0 Å². The van der Waals surface area contributed by atoms with Gasteiger partial charge in [-0.2, -0.15) is 0 Å². The fourth-order valence-electron chi connectivity index (χ4n) is 1.24. The Labute approximate surface area is 61.0 Å². The van der Waals surface area contributed by atoms with Crippen molar-refractivity contribution in [3.63, 3.8) is 0 Å². The predicted octanol–water partition coefficient (Wildman–Crippen LogP) is 2.49. The summed E-state index contributed by atoms with van der Waals surface area (Å²) in [4.78, 5) is 0. The highest BCUT2D eigenvalue weighted by Crippen LogP contribution is 2.25. The van der Waals surface area contributed by atoms with Crippen LogP contribution in [0.4, 0.5) is 4.39 Å². The zero-order valence-corrected chi connectivity index (χ0v) is 6.52. The molecule has 1 fully saturated rings. The van der Waals surface area contributed by atoms with Gasteiger partial charge in [-0.15, -0.1) is 0 Å². The van der Waals surface area contributed by atoms with E-state index in [4.69, 9.17) is 4.52 Å². The molecule has 2 unspecified atom stereocenters. The van der Waals surface area contributed by atoms with E-state index in [-0.39, 0.29) is 14.8 Å². The van der Waals surface area contributed by atoms with Crippen molar-refractivity contribution in [3.05, 3.63) is 0 Å². The van der Waals surface area contributed by atoms with Crippen molar-refractivity contribution in [3.8, 4) is 0 Å². The molecule has 0 aliphatic heterocycles. The maximum Gasteiger partial charge on any atom is 0.327 e. The predicted molar refractivity (Wildman–Crippen MR) is 35.8 cm³/mol. The van der Waals surface area contributed by atoms with Gasteiger partial charge >= 0.3 is 8.69 Å². The summed E-state index contributed by atoms with van der Waals surface area (Å²) in [6, 6.07) is 0. The average Bonchev–Trinajstić information content (AvgIpc) is 1.88. The van der Waals surface area contributed by atoms with E-state index in [2.05, 4.69) is 0 Å². The first kappa shape index (κ1) is 8.09. The van der Waals surface area contributed by atoms with Crippen molar-refractivity contribution in [2.24, 2.45) is 0 Å². The molecule has 0 amide bonds. The van der Waals surface area contributed by atoms with Crippen LogP contribution in [0.1, 0.15) is 25.7 Å². The van der Waals surface area contributed by atoms with Gasteiger partial charge in [0.2, 0.25) is 0 Å². The maximum absolute atomic E-state index is 12.6. The van der Waals surface area contributed by atoms with Gasteiger partial charge in [0, 0.05) is 6.42 Å². The number of hydrogen-bond donors (Lipinski definition) is 0. The Morgan fingerprint density at radius 3 is 2.90 bits per heavy atom. The monoisotopic (exact) mass is 164 g/mol. The quantitative estimate of drug-likeness (QED) is 0.586. The van der Waals surface area contributed by atoms with Crippen molar-refractivity contribution in [2.75, 3.05) is 0 Å². The van der Waals surface area contributed by atoms with Gasteiger partial charge in [-0.05, 0) is 19.3 Å². The Balaban J connectivity index is 2.24. The first-order valence-electron chi connectivity index (χ1n) is 3.45. The lowest BCUT2D eigenvalue weighted by atomic mass is 9.96. The molecule has 1 aliphatic rings. The third-order valence-corrected chi connectivity index (χ3v) is 2.14. The SMILES string of the molecule is O=POC1CCCC(F)C1. The molecule has 10 heavy (non-hydrogen) atoms. The minimum atomic E-state index is -0.750. The Morgan fingerprint density at radius 1 is 1.50 bits per heavy atom. The Kier molecular flexibility index (Phi) is 3.23. The second-order valence-electron chi connectivity index (χ2n) is 2.57. The van der Waals surface area contributed by atoms with E-state index < -0.39 is 6.17 Å². The molecule has 0 saturated heterocycles. The van der Waals surface area contributed by atoms with Crippen molar-refractivity contribution in [1.29, 1.82) is 0 Å². The number of alkyl halides is 1. The third kappa shape index (κ3) is 2.31. The summed E-state index contributed by atoms with van der Waals surface area (Å²) < 4.78 is 27.2. The molecule has 0 aromatic carbocycles. The van der Waals surface area contributed by atoms with E-state index in [1.165, 1.54) is 0 Å². The second-order valence-corrected chi connectivity index (χ2v) is 2.93. The molecule has 1 aliphatic carbocycles. The smallest absolute Gasteiger partial charge is 0.291 e. The Bertz CT molecular complexity index is 120. The topological polar surface area (TPSA) is 26.3 Å². The third-order valence-electron chi connectivity index (χ3n) is 1.75. The van der Waals surface area contributed by atoms with Crippen LogP contribution in [-0.4, -0.2) is 12.3 Å². The molecule has 0 N–H and O–H groups in total. The number of hydrogen-bond acceptors (Lipinski definition) is 2. The lowest BCUT2D eigenvalue weighted by Crippen LogP contribution is -2.20. The highest BCUT2D eigenvalue weighted by molar-refractivity contribution is 7.17. The highest BCUT2D eigenvalue weighted by atomic mass is 31.1. The zero-order chi connectivity index (χ0) is 7.40. The largest absolute Gasteiger partial charge is 0.327 e. The van der Waals surface area contributed by atoms with Gasteiger partial charge in [-0.25, -0.2) is 8.96 Å². The van der Waals surface area contributed by atoms with Crippen LogP contribution in [0.5, 0.6) is 0 Å². The zero-order valence-electron chi connectivity index (χ0n) is 5.62. The second kappa shape index (κ2) is 3.99. The fraction of sp³-hybridized carbons (Fsp3) is 1.00. The van der Waals surface area contributed by atoms with E-state index in [0.717, 1.165) is 12.8 Å². The van der Waals surface area contributed by atoms with Crippen molar-refractivity contribution < 1.29 is 13.5 Å². The van der Waals surface area contributed by atoms with Gasteiger partial charge in [0.25, 0.3) is 0 Å². The summed E-state index contributed by atoms with van der Waals surface area (Å²) in [5, 5.41) is 0. The standard InChI is InChI=1S/C6H10FO2P/c7-5-2-1-3-6(4-5)9-10-8/h5-6H,1-4H2. The molecule has 0 radical (unpaired) electrons. The van der Waals surface area contributed by atoms with Crippen LogP contribution in [0.3, 0.4) is 0 Å². The van der Waals surface area contributed by atoms with Crippen LogP contribution in [0, 0.1) is 0 Å². The first-order valence-corrected chi connectivity index (χ1v) is 4.18. The molecule has 2 atom stereocenters. The molecule has 58 valence electrons. The molecule has 2 nitrogen and oxygen atoms in total. The summed E-state index contributed by atoms with van der Waals surface area (Å²) in [7, 11) is -0.322. The van der Waals surface area contributed by atoms with Gasteiger partial charge < -0.3 is 0 Å². The maximum atomic E-state index is 12.6. The number of halogens is 1. The summed E-state index contributed by atoms with van der Waals surface area (Å²) in [6.45, 7) is 0. The van der Waals surface area contributed by atoms with Gasteiger partial charge in [0.05, 0.1) is 6.10 Å². The molecule has 0 bridgehead atoms. The highest BCUT2D eigenvalue weighted by Gasteiger charge is 2.21. The average molecular weight is 164 g/mol. The van der Waals surface area contributed by atoms with E-state index >= 15 is 0 Å². The van der Waals surface area contributed by atoms with E-state index in [1.807, 2.05) is 0 Å². The first-order chi connectivity index (χ1) is 4.83. The van der Waals surface area contributed by atoms with Crippen LogP contribution in [-0.2, 0) is 9.09 Å². The molecular formula is C6H10FO2P. The number of rotatable bonds is 2. The Hall–Kier alpha value is -0.0100. The fourth-order valence-corrected chi connectivity index (χ4v) is 1.56. The molecular weight excluding hydrogens is 154 g/mol. The van der Waals surface area contributed by atoms with Crippen LogP contribution in [0.25, 0.3) is 0 Å². The van der Waals surface area contributed by atoms with Crippen LogP contribution in [0.15, 0.2) is 0 Å².